The Morgan fingerprint density at radius 1 is 1.41 bits per heavy atom. The van der Waals surface area contributed by atoms with Crippen LogP contribution in [0.4, 0.5) is 0 Å². The first-order valence-electron chi connectivity index (χ1n) is 5.33. The Morgan fingerprint density at radius 2 is 2.24 bits per heavy atom. The molecule has 86 valence electrons. The highest BCUT2D eigenvalue weighted by Crippen LogP contribution is 2.24. The number of oxazole rings is 1. The summed E-state index contributed by atoms with van der Waals surface area (Å²) in [6, 6.07) is 7.72. The van der Waals surface area contributed by atoms with Crippen molar-refractivity contribution in [2.45, 2.75) is 6.92 Å². The van der Waals surface area contributed by atoms with Crippen molar-refractivity contribution in [3.05, 3.63) is 35.2 Å². The molecule has 0 fully saturated rings. The third-order valence-electron chi connectivity index (χ3n) is 2.49. The maximum atomic E-state index is 5.64. The number of nitrogens with zero attached hydrogens (tertiary/aromatic N) is 2. The van der Waals surface area contributed by atoms with E-state index in [1.54, 1.807) is 10.6 Å². The molecule has 0 saturated carbocycles. The Bertz CT molecular complexity index is 745. The molecule has 3 aromatic rings. The maximum absolute atomic E-state index is 5.64. The van der Waals surface area contributed by atoms with Crippen molar-refractivity contribution in [2.24, 2.45) is 0 Å². The molecule has 0 bridgehead atoms. The summed E-state index contributed by atoms with van der Waals surface area (Å²) < 4.78 is 13.2. The van der Waals surface area contributed by atoms with Crippen LogP contribution in [0.2, 0.25) is 0 Å². The van der Waals surface area contributed by atoms with Crippen molar-refractivity contribution in [3.8, 4) is 5.95 Å². The van der Waals surface area contributed by atoms with E-state index in [0.717, 1.165) is 10.9 Å². The smallest absolute Gasteiger partial charge is 0.303 e. The van der Waals surface area contributed by atoms with Gasteiger partial charge in [-0.25, -0.2) is 4.98 Å². The van der Waals surface area contributed by atoms with Gasteiger partial charge in [0.15, 0.2) is 0 Å². The Balaban J connectivity index is 2.43. The highest BCUT2D eigenvalue weighted by molar-refractivity contribution is 7.71. The van der Waals surface area contributed by atoms with Gasteiger partial charge < -0.3 is 9.15 Å². The molecule has 0 radical (unpaired) electrons. The normalized spacial score (nSPS) is 11.1. The first-order chi connectivity index (χ1) is 8.29. The number of aromatic nitrogens is 2. The van der Waals surface area contributed by atoms with Gasteiger partial charge in [-0.15, -0.1) is 0 Å². The van der Waals surface area contributed by atoms with Gasteiger partial charge in [0.2, 0.25) is 10.5 Å². The first kappa shape index (κ1) is 10.3. The summed E-state index contributed by atoms with van der Waals surface area (Å²) >= 11 is 5.21. The van der Waals surface area contributed by atoms with E-state index in [1.165, 1.54) is 0 Å². The molecule has 0 aliphatic carbocycles. The topological polar surface area (TPSA) is 39.7 Å². The zero-order valence-corrected chi connectivity index (χ0v) is 10.0. The summed E-state index contributed by atoms with van der Waals surface area (Å²) in [7, 11) is 0. The lowest BCUT2D eigenvalue weighted by molar-refractivity contribution is 0.265. The fourth-order valence-corrected chi connectivity index (χ4v) is 2.01. The maximum Gasteiger partial charge on any atom is 0.303 e. The SMILES string of the molecule is CCOc1cn2c(=S)nc3ccccc3c2o1. The molecular weight excluding hydrogens is 236 g/mol. The van der Waals surface area contributed by atoms with Crippen molar-refractivity contribution in [1.29, 1.82) is 0 Å². The second-order valence-electron chi connectivity index (χ2n) is 3.57. The van der Waals surface area contributed by atoms with Crippen LogP contribution < -0.4 is 4.74 Å². The van der Waals surface area contributed by atoms with E-state index in [4.69, 9.17) is 21.4 Å². The van der Waals surface area contributed by atoms with Gasteiger partial charge in [0, 0.05) is 0 Å². The van der Waals surface area contributed by atoms with Gasteiger partial charge in [-0.1, -0.05) is 12.1 Å². The number of hydrogen-bond acceptors (Lipinski definition) is 4. The number of para-hydroxylation sites is 1. The van der Waals surface area contributed by atoms with Crippen molar-refractivity contribution < 1.29 is 9.15 Å². The average Bonchev–Trinajstić information content (AvgIpc) is 2.74. The first-order valence-corrected chi connectivity index (χ1v) is 5.74. The molecule has 0 N–H and O–H groups in total. The largest absolute Gasteiger partial charge is 0.464 e. The number of ether oxygens (including phenoxy) is 1. The molecule has 0 unspecified atom stereocenters. The molecule has 17 heavy (non-hydrogen) atoms. The number of hydrogen-bond donors (Lipinski definition) is 0. The van der Waals surface area contributed by atoms with Crippen molar-refractivity contribution in [2.75, 3.05) is 6.61 Å². The standard InChI is InChI=1S/C12H10N2O2S/c1-2-15-10-7-14-11(16-10)8-5-3-4-6-9(8)13-12(14)17/h3-7H,2H2,1H3. The Hall–Kier alpha value is -1.88. The molecule has 4 nitrogen and oxygen atoms in total. The van der Waals surface area contributed by atoms with Crippen molar-refractivity contribution in [3.63, 3.8) is 0 Å². The third kappa shape index (κ3) is 1.59. The Labute approximate surface area is 102 Å². The lowest BCUT2D eigenvalue weighted by Gasteiger charge is -1.97. The molecule has 1 aromatic carbocycles. The van der Waals surface area contributed by atoms with Crippen LogP contribution >= 0.6 is 12.2 Å². The van der Waals surface area contributed by atoms with E-state index in [9.17, 15) is 0 Å². The van der Waals surface area contributed by atoms with Gasteiger partial charge in [-0.3, -0.25) is 4.40 Å². The minimum Gasteiger partial charge on any atom is -0.464 e. The van der Waals surface area contributed by atoms with Gasteiger partial charge in [-0.2, -0.15) is 0 Å². The molecule has 0 amide bonds. The van der Waals surface area contributed by atoms with Gasteiger partial charge in [0.25, 0.3) is 0 Å². The molecule has 3 rings (SSSR count). The number of rotatable bonds is 2. The minimum absolute atomic E-state index is 0.455. The quantitative estimate of drug-likeness (QED) is 0.651. The summed E-state index contributed by atoms with van der Waals surface area (Å²) in [5, 5.41) is 0.923. The summed E-state index contributed by atoms with van der Waals surface area (Å²) in [5.41, 5.74) is 1.50. The van der Waals surface area contributed by atoms with Crippen molar-refractivity contribution in [1.82, 2.24) is 9.38 Å². The third-order valence-corrected chi connectivity index (χ3v) is 2.78. The predicted octanol–water partition coefficient (Wildman–Crippen LogP) is 3.21. The Kier molecular flexibility index (Phi) is 2.33. The number of benzene rings is 1. The fourth-order valence-electron chi connectivity index (χ4n) is 1.78. The van der Waals surface area contributed by atoms with E-state index in [-0.39, 0.29) is 0 Å². The molecule has 0 aliphatic heterocycles. The molecule has 0 aliphatic rings. The zero-order chi connectivity index (χ0) is 11.8. The van der Waals surface area contributed by atoms with E-state index in [1.807, 2.05) is 31.2 Å². The summed E-state index contributed by atoms with van der Waals surface area (Å²) in [4.78, 5) is 4.34. The van der Waals surface area contributed by atoms with Crippen LogP contribution in [-0.4, -0.2) is 16.0 Å². The molecular formula is C12H10N2O2S. The zero-order valence-electron chi connectivity index (χ0n) is 9.21. The van der Waals surface area contributed by atoms with E-state index < -0.39 is 0 Å². The van der Waals surface area contributed by atoms with Crippen LogP contribution in [0.5, 0.6) is 5.95 Å². The van der Waals surface area contributed by atoms with Gasteiger partial charge in [0.1, 0.15) is 0 Å². The molecule has 0 spiro atoms. The highest BCUT2D eigenvalue weighted by Gasteiger charge is 2.09. The summed E-state index contributed by atoms with van der Waals surface area (Å²) in [5.74, 6) is 0.455. The van der Waals surface area contributed by atoms with Crippen LogP contribution in [0.3, 0.4) is 0 Å². The minimum atomic E-state index is 0.455. The molecule has 5 heteroatoms. The monoisotopic (exact) mass is 246 g/mol. The van der Waals surface area contributed by atoms with E-state index >= 15 is 0 Å². The van der Waals surface area contributed by atoms with E-state index in [2.05, 4.69) is 4.98 Å². The molecule has 2 heterocycles. The molecule has 0 atom stereocenters. The second kappa shape index (κ2) is 3.85. The lowest BCUT2D eigenvalue weighted by atomic mass is 10.2. The van der Waals surface area contributed by atoms with Crippen LogP contribution in [0.25, 0.3) is 16.6 Å². The summed E-state index contributed by atoms with van der Waals surface area (Å²) in [6.45, 7) is 2.46. The lowest BCUT2D eigenvalue weighted by Crippen LogP contribution is -1.90. The summed E-state index contributed by atoms with van der Waals surface area (Å²) in [6.07, 6.45) is 1.72. The van der Waals surface area contributed by atoms with Gasteiger partial charge >= 0.3 is 5.95 Å². The van der Waals surface area contributed by atoms with Gasteiger partial charge in [-0.05, 0) is 31.3 Å². The molecule has 2 aromatic heterocycles. The van der Waals surface area contributed by atoms with E-state index in [0.29, 0.717) is 23.0 Å². The second-order valence-corrected chi connectivity index (χ2v) is 3.94. The number of fused-ring (bicyclic) bond motifs is 3. The molecule has 0 saturated heterocycles. The Morgan fingerprint density at radius 3 is 3.06 bits per heavy atom. The van der Waals surface area contributed by atoms with Crippen LogP contribution in [0.15, 0.2) is 34.9 Å². The highest BCUT2D eigenvalue weighted by atomic mass is 32.1. The van der Waals surface area contributed by atoms with Crippen molar-refractivity contribution >= 4 is 28.8 Å². The fraction of sp³-hybridized carbons (Fsp3) is 0.167. The average molecular weight is 246 g/mol. The predicted molar refractivity (Wildman–Crippen MR) is 67.0 cm³/mol. The van der Waals surface area contributed by atoms with Crippen LogP contribution in [0.1, 0.15) is 6.92 Å². The van der Waals surface area contributed by atoms with Crippen LogP contribution in [0, 0.1) is 4.77 Å². The van der Waals surface area contributed by atoms with Gasteiger partial charge in [0.05, 0.1) is 23.7 Å². The van der Waals surface area contributed by atoms with Crippen LogP contribution in [-0.2, 0) is 0 Å².